The average Bonchev–Trinajstić information content (AvgIpc) is 3.01. The molecule has 0 bridgehead atoms. The molecule has 0 radical (unpaired) electrons. The molecule has 2 aliphatic heterocycles. The number of likely N-dealkylation sites (N-methyl/N-ethyl adjacent to an activating group) is 1. The largest absolute Gasteiger partial charge is 0.452 e. The number of carbonyl (C=O) groups excluding carboxylic acids is 4. The third-order valence-electron chi connectivity index (χ3n) is 4.97. The van der Waals surface area contributed by atoms with Crippen LogP contribution in [0.2, 0.25) is 0 Å². The van der Waals surface area contributed by atoms with Gasteiger partial charge in [-0.2, -0.15) is 0 Å². The minimum absolute atomic E-state index is 0.124. The van der Waals surface area contributed by atoms with Gasteiger partial charge in [0, 0.05) is 33.5 Å². The van der Waals surface area contributed by atoms with Crippen molar-refractivity contribution in [2.75, 3.05) is 32.1 Å². The van der Waals surface area contributed by atoms with Crippen LogP contribution in [0, 0.1) is 0 Å². The Labute approximate surface area is 157 Å². The lowest BCUT2D eigenvalue weighted by Gasteiger charge is -2.48. The number of anilines is 1. The number of para-hydroxylation sites is 1. The van der Waals surface area contributed by atoms with Crippen molar-refractivity contribution in [2.24, 2.45) is 0 Å². The smallest absolute Gasteiger partial charge is 0.354 e. The second-order valence-electron chi connectivity index (χ2n) is 6.88. The summed E-state index contributed by atoms with van der Waals surface area (Å²) < 4.78 is 5.28. The Morgan fingerprint density at radius 3 is 2.59 bits per heavy atom. The molecule has 3 rings (SSSR count). The van der Waals surface area contributed by atoms with Crippen molar-refractivity contribution in [3.05, 3.63) is 29.8 Å². The number of hydrogen-bond acceptors (Lipinski definition) is 5. The van der Waals surface area contributed by atoms with E-state index in [2.05, 4.69) is 0 Å². The van der Waals surface area contributed by atoms with Crippen LogP contribution in [0.1, 0.15) is 36.5 Å². The van der Waals surface area contributed by atoms with E-state index in [0.29, 0.717) is 24.2 Å². The van der Waals surface area contributed by atoms with E-state index < -0.39 is 18.2 Å². The first-order valence-corrected chi connectivity index (χ1v) is 8.96. The molecule has 0 spiro atoms. The first-order valence-electron chi connectivity index (χ1n) is 8.96. The molecule has 1 aromatic rings. The quantitative estimate of drug-likeness (QED) is 0.719. The maximum atomic E-state index is 13.1. The van der Waals surface area contributed by atoms with Crippen LogP contribution in [0.3, 0.4) is 0 Å². The molecule has 1 saturated heterocycles. The molecule has 3 amide bonds. The molecule has 2 heterocycles. The Hall–Kier alpha value is -2.90. The first kappa shape index (κ1) is 18.9. The Balaban J connectivity index is 2.06. The van der Waals surface area contributed by atoms with Gasteiger partial charge in [0.15, 0.2) is 6.61 Å². The molecule has 1 atom stereocenters. The van der Waals surface area contributed by atoms with E-state index in [-0.39, 0.29) is 30.6 Å². The van der Waals surface area contributed by atoms with Gasteiger partial charge in [0.1, 0.15) is 0 Å². The number of rotatable bonds is 5. The van der Waals surface area contributed by atoms with Gasteiger partial charge in [0.2, 0.25) is 11.6 Å². The van der Waals surface area contributed by atoms with Crippen LogP contribution in [0.15, 0.2) is 24.3 Å². The third kappa shape index (κ3) is 2.85. The predicted octanol–water partition coefficient (Wildman–Crippen LogP) is 1.01. The number of benzene rings is 1. The summed E-state index contributed by atoms with van der Waals surface area (Å²) in [6.45, 7) is 1.75. The van der Waals surface area contributed by atoms with E-state index in [4.69, 9.17) is 4.74 Å². The standard InChI is InChI=1S/C19H23N3O5/c1-4-11-21-17(25)13-7-5-6-8-14(13)22-15(23)9-10-19(21,22)18(26)27-12-16(24)20(2)3/h5-8H,4,9-12H2,1-3H3/t19-/m1/s1. The zero-order valence-corrected chi connectivity index (χ0v) is 15.7. The summed E-state index contributed by atoms with van der Waals surface area (Å²) >= 11 is 0. The summed E-state index contributed by atoms with van der Waals surface area (Å²) in [5, 5.41) is 0. The molecule has 8 nitrogen and oxygen atoms in total. The van der Waals surface area contributed by atoms with Gasteiger partial charge in [0.05, 0.1) is 11.3 Å². The second kappa shape index (κ2) is 7.02. The Bertz CT molecular complexity index is 806. The van der Waals surface area contributed by atoms with Crippen LogP contribution >= 0.6 is 0 Å². The summed E-state index contributed by atoms with van der Waals surface area (Å²) in [4.78, 5) is 54.9. The lowest BCUT2D eigenvalue weighted by molar-refractivity contribution is -0.161. The van der Waals surface area contributed by atoms with Crippen molar-refractivity contribution in [2.45, 2.75) is 31.8 Å². The maximum absolute atomic E-state index is 13.1. The van der Waals surface area contributed by atoms with Gasteiger partial charge in [-0.1, -0.05) is 19.1 Å². The number of amides is 3. The molecule has 0 N–H and O–H groups in total. The number of hydrogen-bond donors (Lipinski definition) is 0. The fourth-order valence-corrected chi connectivity index (χ4v) is 3.65. The molecule has 1 aromatic carbocycles. The molecule has 27 heavy (non-hydrogen) atoms. The van der Waals surface area contributed by atoms with Gasteiger partial charge in [-0.05, 0) is 18.6 Å². The van der Waals surface area contributed by atoms with E-state index in [9.17, 15) is 19.2 Å². The van der Waals surface area contributed by atoms with Crippen LogP contribution in [-0.2, 0) is 19.1 Å². The van der Waals surface area contributed by atoms with E-state index in [1.54, 1.807) is 38.4 Å². The fraction of sp³-hybridized carbons (Fsp3) is 0.474. The Morgan fingerprint density at radius 1 is 1.22 bits per heavy atom. The number of esters is 1. The van der Waals surface area contributed by atoms with Gasteiger partial charge in [-0.3, -0.25) is 19.3 Å². The molecule has 0 unspecified atom stereocenters. The van der Waals surface area contributed by atoms with Crippen LogP contribution in [0.25, 0.3) is 0 Å². The molecule has 144 valence electrons. The summed E-state index contributed by atoms with van der Waals surface area (Å²) in [5.41, 5.74) is -0.743. The highest BCUT2D eigenvalue weighted by Crippen LogP contribution is 2.45. The lowest BCUT2D eigenvalue weighted by Crippen LogP contribution is -2.68. The SMILES string of the molecule is CCCN1C(=O)c2ccccc2N2C(=O)CC[C@@]12C(=O)OCC(=O)N(C)C. The van der Waals surface area contributed by atoms with Crippen LogP contribution in [0.5, 0.6) is 0 Å². The van der Waals surface area contributed by atoms with Gasteiger partial charge >= 0.3 is 5.97 Å². The minimum atomic E-state index is -1.54. The van der Waals surface area contributed by atoms with E-state index in [0.717, 1.165) is 0 Å². The highest BCUT2D eigenvalue weighted by Gasteiger charge is 2.61. The maximum Gasteiger partial charge on any atom is 0.354 e. The topological polar surface area (TPSA) is 87.2 Å². The fourth-order valence-electron chi connectivity index (χ4n) is 3.65. The Morgan fingerprint density at radius 2 is 1.93 bits per heavy atom. The summed E-state index contributed by atoms with van der Waals surface area (Å²) in [6, 6.07) is 6.75. The molecular formula is C19H23N3O5. The zero-order chi connectivity index (χ0) is 19.8. The van der Waals surface area contributed by atoms with Crippen molar-refractivity contribution in [1.82, 2.24) is 9.80 Å². The number of fused-ring (bicyclic) bond motifs is 3. The number of nitrogens with zero attached hydrogens (tertiary/aromatic N) is 3. The van der Waals surface area contributed by atoms with Gasteiger partial charge in [-0.15, -0.1) is 0 Å². The highest BCUT2D eigenvalue weighted by atomic mass is 16.5. The van der Waals surface area contributed by atoms with Crippen molar-refractivity contribution >= 4 is 29.4 Å². The van der Waals surface area contributed by atoms with E-state index in [1.807, 2.05) is 6.92 Å². The third-order valence-corrected chi connectivity index (χ3v) is 4.97. The normalized spacial score (nSPS) is 21.0. The first-order chi connectivity index (χ1) is 12.8. The molecule has 0 aromatic heterocycles. The van der Waals surface area contributed by atoms with Gasteiger partial charge < -0.3 is 14.5 Å². The Kier molecular flexibility index (Phi) is 4.91. The van der Waals surface area contributed by atoms with Crippen LogP contribution in [0.4, 0.5) is 5.69 Å². The summed E-state index contributed by atoms with van der Waals surface area (Å²) in [6.07, 6.45) is 0.876. The highest BCUT2D eigenvalue weighted by molar-refractivity contribution is 6.15. The van der Waals surface area contributed by atoms with Crippen molar-refractivity contribution in [3.8, 4) is 0 Å². The van der Waals surface area contributed by atoms with Crippen molar-refractivity contribution in [1.29, 1.82) is 0 Å². The van der Waals surface area contributed by atoms with Crippen LogP contribution < -0.4 is 4.90 Å². The number of carbonyl (C=O) groups is 4. The molecule has 8 heteroatoms. The average molecular weight is 373 g/mol. The van der Waals surface area contributed by atoms with Gasteiger partial charge in [0.25, 0.3) is 11.8 Å². The molecule has 0 saturated carbocycles. The lowest BCUT2D eigenvalue weighted by atomic mass is 9.96. The van der Waals surface area contributed by atoms with Crippen molar-refractivity contribution in [3.63, 3.8) is 0 Å². The van der Waals surface area contributed by atoms with Crippen molar-refractivity contribution < 1.29 is 23.9 Å². The summed E-state index contributed by atoms with van der Waals surface area (Å²) in [7, 11) is 3.12. The van der Waals surface area contributed by atoms with Gasteiger partial charge in [-0.25, -0.2) is 4.79 Å². The zero-order valence-electron chi connectivity index (χ0n) is 15.7. The minimum Gasteiger partial charge on any atom is -0.452 e. The monoisotopic (exact) mass is 373 g/mol. The molecule has 0 aliphatic carbocycles. The second-order valence-corrected chi connectivity index (χ2v) is 6.88. The van der Waals surface area contributed by atoms with Crippen LogP contribution in [-0.4, -0.2) is 66.4 Å². The van der Waals surface area contributed by atoms with E-state index >= 15 is 0 Å². The molecule has 2 aliphatic rings. The summed E-state index contributed by atoms with van der Waals surface area (Å²) in [5.74, 6) is -1.68. The predicted molar refractivity (Wildman–Crippen MR) is 96.9 cm³/mol. The molecular weight excluding hydrogens is 350 g/mol. The van der Waals surface area contributed by atoms with E-state index in [1.165, 1.54) is 14.7 Å². The molecule has 1 fully saturated rings. The number of ether oxygens (including phenoxy) is 1.